The number of carbonyl (C=O) groups excluding carboxylic acids is 3. The highest BCUT2D eigenvalue weighted by molar-refractivity contribution is 8.00. The van der Waals surface area contributed by atoms with E-state index in [1.165, 1.54) is 32.1 Å². The van der Waals surface area contributed by atoms with Crippen LogP contribution < -0.4 is 34.9 Å². The highest BCUT2D eigenvalue weighted by Crippen LogP contribution is 2.33. The first kappa shape index (κ1) is 32.0. The smallest absolute Gasteiger partial charge is 0.272 e. The van der Waals surface area contributed by atoms with E-state index < -0.39 is 17.1 Å². The van der Waals surface area contributed by atoms with Crippen LogP contribution in [-0.2, 0) is 9.59 Å². The Morgan fingerprint density at radius 2 is 1.52 bits per heavy atom. The van der Waals surface area contributed by atoms with E-state index in [-0.39, 0.29) is 11.6 Å². The third-order valence-corrected chi connectivity index (χ3v) is 7.98. The molecule has 1 unspecified atom stereocenters. The maximum atomic E-state index is 13.5. The maximum absolute atomic E-state index is 13.5. The molecule has 1 aliphatic rings. The second-order valence-corrected chi connectivity index (χ2v) is 11.5. The number of fused-ring (bicyclic) bond motifs is 1. The fourth-order valence-corrected chi connectivity index (χ4v) is 5.36. The normalized spacial score (nSPS) is 12.8. The molecule has 0 spiro atoms. The van der Waals surface area contributed by atoms with Crippen LogP contribution in [0.3, 0.4) is 0 Å². The van der Waals surface area contributed by atoms with E-state index in [4.69, 9.17) is 18.9 Å². The molecule has 10 nitrogen and oxygen atoms in total. The Morgan fingerprint density at radius 3 is 2.24 bits per heavy atom. The molecule has 11 heteroatoms. The number of rotatable bonds is 11. The van der Waals surface area contributed by atoms with Crippen molar-refractivity contribution in [2.24, 2.45) is 0 Å². The van der Waals surface area contributed by atoms with Gasteiger partial charge in [0.05, 0.1) is 19.5 Å². The number of carbonyl (C=O) groups is 3. The monoisotopic (exact) mass is 639 g/mol. The van der Waals surface area contributed by atoms with Crippen molar-refractivity contribution in [1.29, 1.82) is 0 Å². The van der Waals surface area contributed by atoms with Crippen LogP contribution in [0, 0.1) is 0 Å². The summed E-state index contributed by atoms with van der Waals surface area (Å²) in [6.07, 6.45) is 1.53. The summed E-state index contributed by atoms with van der Waals surface area (Å²) in [5, 5.41) is 8.08. The van der Waals surface area contributed by atoms with Gasteiger partial charge in [-0.1, -0.05) is 18.2 Å². The van der Waals surface area contributed by atoms with E-state index in [9.17, 15) is 14.4 Å². The predicted octanol–water partition coefficient (Wildman–Crippen LogP) is 6.00. The fourth-order valence-electron chi connectivity index (χ4n) is 4.49. The molecule has 3 N–H and O–H groups in total. The Morgan fingerprint density at radius 1 is 0.804 bits per heavy atom. The van der Waals surface area contributed by atoms with Gasteiger partial charge in [-0.3, -0.25) is 14.4 Å². The van der Waals surface area contributed by atoms with Gasteiger partial charge in [0.1, 0.15) is 30.4 Å². The Bertz CT molecular complexity index is 1740. The van der Waals surface area contributed by atoms with Crippen molar-refractivity contribution < 1.29 is 33.3 Å². The predicted molar refractivity (Wildman–Crippen MR) is 178 cm³/mol. The standard InChI is InChI=1S/C35H33N3O7S/c1-22(33(39)37-26-11-15-31-32(21-26)45-18-17-44-31)46-28-13-9-25(10-14-28)36-35(41)29(38-34(40)23-7-5-4-6-8-23)20-24-19-27(42-2)12-16-30(24)43-3/h4-16,19-22H,17-18H2,1-3H3,(H,36,41)(H,37,39)(H,38,40)/b29-20-. The number of benzene rings is 4. The first-order valence-corrected chi connectivity index (χ1v) is 15.3. The van der Waals surface area contributed by atoms with Crippen LogP contribution in [0.2, 0.25) is 0 Å². The number of ether oxygens (including phenoxy) is 4. The Kier molecular flexibility index (Phi) is 10.5. The van der Waals surface area contributed by atoms with E-state index >= 15 is 0 Å². The number of hydrogen-bond donors (Lipinski definition) is 3. The highest BCUT2D eigenvalue weighted by Gasteiger charge is 2.19. The van der Waals surface area contributed by atoms with Gasteiger partial charge in [0.25, 0.3) is 11.8 Å². The number of amides is 3. The largest absolute Gasteiger partial charge is 0.497 e. The second-order valence-electron chi connectivity index (χ2n) is 10.1. The summed E-state index contributed by atoms with van der Waals surface area (Å²) in [6.45, 7) is 2.77. The lowest BCUT2D eigenvalue weighted by Crippen LogP contribution is -2.30. The van der Waals surface area contributed by atoms with Gasteiger partial charge in [0, 0.05) is 33.5 Å². The number of methoxy groups -OCH3 is 2. The van der Waals surface area contributed by atoms with Crippen molar-refractivity contribution in [2.45, 2.75) is 17.1 Å². The molecule has 236 valence electrons. The zero-order valence-corrected chi connectivity index (χ0v) is 26.3. The van der Waals surface area contributed by atoms with Crippen LogP contribution in [0.4, 0.5) is 11.4 Å². The zero-order valence-electron chi connectivity index (χ0n) is 25.5. The topological polar surface area (TPSA) is 124 Å². The van der Waals surface area contributed by atoms with Gasteiger partial charge in [-0.15, -0.1) is 11.8 Å². The molecule has 3 amide bonds. The third-order valence-electron chi connectivity index (χ3n) is 6.87. The summed E-state index contributed by atoms with van der Waals surface area (Å²) in [5.41, 5.74) is 2.06. The molecule has 0 saturated heterocycles. The number of hydrogen-bond acceptors (Lipinski definition) is 8. The molecule has 1 aliphatic heterocycles. The first-order chi connectivity index (χ1) is 22.3. The van der Waals surface area contributed by atoms with Crippen molar-refractivity contribution in [3.05, 3.63) is 108 Å². The molecule has 0 aliphatic carbocycles. The SMILES string of the molecule is COc1ccc(OC)c(/C=C(\NC(=O)c2ccccc2)C(=O)Nc2ccc(SC(C)C(=O)Nc3ccc4c(c3)OCCO4)cc2)c1. The molecule has 1 heterocycles. The second kappa shape index (κ2) is 15.0. The minimum Gasteiger partial charge on any atom is -0.497 e. The molecular weight excluding hydrogens is 606 g/mol. The zero-order chi connectivity index (χ0) is 32.5. The van der Waals surface area contributed by atoms with Crippen molar-refractivity contribution in [3.8, 4) is 23.0 Å². The minimum atomic E-state index is -0.540. The molecule has 4 aromatic rings. The summed E-state index contributed by atoms with van der Waals surface area (Å²) in [5.74, 6) is 1.15. The molecular formula is C35H33N3O7S. The van der Waals surface area contributed by atoms with Crippen LogP contribution in [0.25, 0.3) is 6.08 Å². The van der Waals surface area contributed by atoms with Crippen molar-refractivity contribution in [3.63, 3.8) is 0 Å². The maximum Gasteiger partial charge on any atom is 0.272 e. The molecule has 1 atom stereocenters. The summed E-state index contributed by atoms with van der Waals surface area (Å²) in [7, 11) is 3.06. The summed E-state index contributed by atoms with van der Waals surface area (Å²) in [6, 6.07) is 26.1. The van der Waals surface area contributed by atoms with E-state index in [2.05, 4.69) is 16.0 Å². The summed E-state index contributed by atoms with van der Waals surface area (Å²) < 4.78 is 21.9. The molecule has 0 saturated carbocycles. The van der Waals surface area contributed by atoms with E-state index in [0.29, 0.717) is 58.7 Å². The van der Waals surface area contributed by atoms with Gasteiger partial charge in [-0.05, 0) is 79.7 Å². The van der Waals surface area contributed by atoms with Crippen LogP contribution in [0.5, 0.6) is 23.0 Å². The molecule has 4 aromatic carbocycles. The van der Waals surface area contributed by atoms with Gasteiger partial charge in [-0.25, -0.2) is 0 Å². The molecule has 0 radical (unpaired) electrons. The van der Waals surface area contributed by atoms with Crippen LogP contribution in [-0.4, -0.2) is 50.4 Å². The van der Waals surface area contributed by atoms with Crippen LogP contribution in [0.15, 0.2) is 102 Å². The van der Waals surface area contributed by atoms with Gasteiger partial charge in [0.2, 0.25) is 5.91 Å². The average molecular weight is 640 g/mol. The van der Waals surface area contributed by atoms with Gasteiger partial charge in [0.15, 0.2) is 11.5 Å². The molecule has 0 bridgehead atoms. The van der Waals surface area contributed by atoms with E-state index in [1.807, 2.05) is 19.1 Å². The summed E-state index contributed by atoms with van der Waals surface area (Å²) >= 11 is 1.37. The van der Waals surface area contributed by atoms with Crippen LogP contribution >= 0.6 is 11.8 Å². The number of nitrogens with one attached hydrogen (secondary N) is 3. The summed E-state index contributed by atoms with van der Waals surface area (Å²) in [4.78, 5) is 40.2. The lowest BCUT2D eigenvalue weighted by atomic mass is 10.1. The molecule has 0 fully saturated rings. The Labute approximate surface area is 271 Å². The number of anilines is 2. The van der Waals surface area contributed by atoms with E-state index in [0.717, 1.165) is 4.90 Å². The van der Waals surface area contributed by atoms with Gasteiger partial charge < -0.3 is 34.9 Å². The number of thioether (sulfide) groups is 1. The lowest BCUT2D eigenvalue weighted by molar-refractivity contribution is -0.115. The van der Waals surface area contributed by atoms with Gasteiger partial charge in [-0.2, -0.15) is 0 Å². The van der Waals surface area contributed by atoms with Gasteiger partial charge >= 0.3 is 0 Å². The highest BCUT2D eigenvalue weighted by atomic mass is 32.2. The van der Waals surface area contributed by atoms with Crippen molar-refractivity contribution in [1.82, 2.24) is 5.32 Å². The first-order valence-electron chi connectivity index (χ1n) is 14.4. The lowest BCUT2D eigenvalue weighted by Gasteiger charge is -2.19. The van der Waals surface area contributed by atoms with E-state index in [1.54, 1.807) is 78.9 Å². The molecule has 46 heavy (non-hydrogen) atoms. The minimum absolute atomic E-state index is 0.00305. The van der Waals surface area contributed by atoms with Crippen LogP contribution in [0.1, 0.15) is 22.8 Å². The molecule has 0 aromatic heterocycles. The molecule has 5 rings (SSSR count). The third kappa shape index (κ3) is 8.19. The Hall–Kier alpha value is -5.42. The van der Waals surface area contributed by atoms with Crippen molar-refractivity contribution in [2.75, 3.05) is 38.1 Å². The Balaban J connectivity index is 1.27. The fraction of sp³-hybridized carbons (Fsp3) is 0.171. The average Bonchev–Trinajstić information content (AvgIpc) is 3.09. The van der Waals surface area contributed by atoms with Crippen molar-refractivity contribution >= 4 is 46.9 Å². The quantitative estimate of drug-likeness (QED) is 0.135.